The number of nitrogens with one attached hydrogen (secondary N) is 1. The van der Waals surface area contributed by atoms with Gasteiger partial charge in [0.2, 0.25) is 5.82 Å². The number of nitrogens with zero attached hydrogens (tertiary/aromatic N) is 6. The van der Waals surface area contributed by atoms with Gasteiger partial charge in [0.15, 0.2) is 11.6 Å². The van der Waals surface area contributed by atoms with E-state index in [9.17, 15) is 4.79 Å². The minimum absolute atomic E-state index is 0.0819. The number of rotatable bonds is 6. The molecule has 3 aromatic carbocycles. The molecule has 8 heteroatoms. The summed E-state index contributed by atoms with van der Waals surface area (Å²) in [5.74, 6) is 0.891. The monoisotopic (exact) mass is 421 g/mol. The average molecular weight is 421 g/mol. The number of benzene rings is 3. The molecule has 0 fully saturated rings. The van der Waals surface area contributed by atoms with Gasteiger partial charge >= 0.3 is 0 Å². The number of hydrogen-bond donors (Lipinski definition) is 1. The third-order valence-corrected chi connectivity index (χ3v) is 4.90. The van der Waals surface area contributed by atoms with Gasteiger partial charge in [-0.15, -0.1) is 15.3 Å². The fraction of sp³-hybridized carbons (Fsp3) is 0.0417. The fourth-order valence-electron chi connectivity index (χ4n) is 3.35. The summed E-state index contributed by atoms with van der Waals surface area (Å²) >= 11 is 0. The zero-order valence-electron chi connectivity index (χ0n) is 17.0. The molecule has 0 radical (unpaired) electrons. The Morgan fingerprint density at radius 2 is 1.44 bits per heavy atom. The summed E-state index contributed by atoms with van der Waals surface area (Å²) in [5, 5.41) is 15.4. The molecule has 5 rings (SSSR count). The molecule has 32 heavy (non-hydrogen) atoms. The predicted molar refractivity (Wildman–Crippen MR) is 119 cm³/mol. The normalized spacial score (nSPS) is 10.8. The molecule has 0 aliphatic carbocycles. The van der Waals surface area contributed by atoms with Gasteiger partial charge in [-0.05, 0) is 24.3 Å². The van der Waals surface area contributed by atoms with E-state index in [1.165, 1.54) is 0 Å². The number of aromatic nitrogens is 6. The second kappa shape index (κ2) is 8.65. The third-order valence-electron chi connectivity index (χ3n) is 4.90. The van der Waals surface area contributed by atoms with E-state index >= 15 is 0 Å². The van der Waals surface area contributed by atoms with Crippen LogP contribution in [-0.2, 0) is 6.54 Å². The second-order valence-electron chi connectivity index (χ2n) is 7.01. The summed E-state index contributed by atoms with van der Waals surface area (Å²) in [6, 6.07) is 29.0. The molecule has 1 amide bonds. The summed E-state index contributed by atoms with van der Waals surface area (Å²) in [6.45, 7) is 0.189. The highest BCUT2D eigenvalue weighted by molar-refractivity contribution is 5.91. The van der Waals surface area contributed by atoms with Crippen molar-refractivity contribution in [2.45, 2.75) is 6.54 Å². The van der Waals surface area contributed by atoms with Crippen LogP contribution < -0.4 is 5.32 Å². The van der Waals surface area contributed by atoms with Crippen LogP contribution in [0.4, 0.5) is 0 Å². The molecule has 1 N–H and O–H groups in total. The summed E-state index contributed by atoms with van der Waals surface area (Å²) in [6.07, 6.45) is 1.62. The number of hydrogen-bond acceptors (Lipinski definition) is 5. The van der Waals surface area contributed by atoms with Gasteiger partial charge in [-0.2, -0.15) is 0 Å². The molecule has 0 atom stereocenters. The van der Waals surface area contributed by atoms with E-state index in [0.717, 1.165) is 16.9 Å². The first-order valence-electron chi connectivity index (χ1n) is 10.1. The quantitative estimate of drug-likeness (QED) is 0.454. The van der Waals surface area contributed by atoms with E-state index in [4.69, 9.17) is 0 Å². The summed E-state index contributed by atoms with van der Waals surface area (Å²) in [7, 11) is 0. The lowest BCUT2D eigenvalue weighted by atomic mass is 10.2. The summed E-state index contributed by atoms with van der Waals surface area (Å²) in [5.41, 5.74) is 2.60. The predicted octanol–water partition coefficient (Wildman–Crippen LogP) is 3.45. The summed E-state index contributed by atoms with van der Waals surface area (Å²) < 4.78 is 3.50. The minimum Gasteiger partial charge on any atom is -0.342 e. The molecule has 2 heterocycles. The van der Waals surface area contributed by atoms with Crippen LogP contribution in [0.3, 0.4) is 0 Å². The van der Waals surface area contributed by atoms with Gasteiger partial charge in [0, 0.05) is 11.3 Å². The molecule has 0 bridgehead atoms. The zero-order valence-corrected chi connectivity index (χ0v) is 17.0. The van der Waals surface area contributed by atoms with Gasteiger partial charge in [0.25, 0.3) is 5.91 Å². The van der Waals surface area contributed by atoms with E-state index in [0.29, 0.717) is 11.6 Å². The average Bonchev–Trinajstić information content (AvgIpc) is 3.52. The minimum atomic E-state index is -0.389. The molecule has 0 saturated heterocycles. The molecular weight excluding hydrogens is 402 g/mol. The first-order chi connectivity index (χ1) is 15.8. The third kappa shape index (κ3) is 3.89. The van der Waals surface area contributed by atoms with Crippen molar-refractivity contribution in [3.8, 4) is 22.8 Å². The van der Waals surface area contributed by atoms with Gasteiger partial charge in [0.1, 0.15) is 6.33 Å². The van der Waals surface area contributed by atoms with Crippen molar-refractivity contribution in [1.82, 2.24) is 34.8 Å². The molecule has 156 valence electrons. The van der Waals surface area contributed by atoms with E-state index < -0.39 is 0 Å². The SMILES string of the molecule is O=C(NCc1nncn1-c1ccccc1)c1nc(-c2ccccc2)n(-c2ccccc2)n1. The second-order valence-corrected chi connectivity index (χ2v) is 7.01. The molecular formula is C24H19N7O. The smallest absolute Gasteiger partial charge is 0.291 e. The van der Waals surface area contributed by atoms with Crippen LogP contribution in [0.15, 0.2) is 97.3 Å². The van der Waals surface area contributed by atoms with Crippen LogP contribution in [-0.4, -0.2) is 35.4 Å². The Kier molecular flexibility index (Phi) is 5.24. The Bertz CT molecular complexity index is 1270. The van der Waals surface area contributed by atoms with Crippen molar-refractivity contribution in [2.75, 3.05) is 0 Å². The van der Waals surface area contributed by atoms with Gasteiger partial charge in [-0.25, -0.2) is 9.67 Å². The Hall–Kier alpha value is -4.59. The number of carbonyl (C=O) groups excluding carboxylic acids is 1. The van der Waals surface area contributed by atoms with Gasteiger partial charge in [0.05, 0.1) is 12.2 Å². The first kappa shape index (κ1) is 19.4. The van der Waals surface area contributed by atoms with E-state index in [1.54, 1.807) is 11.0 Å². The van der Waals surface area contributed by atoms with Gasteiger partial charge in [-0.3, -0.25) is 9.36 Å². The molecule has 0 saturated carbocycles. The zero-order chi connectivity index (χ0) is 21.8. The lowest BCUT2D eigenvalue weighted by Gasteiger charge is -2.06. The maximum atomic E-state index is 12.9. The Morgan fingerprint density at radius 3 is 2.12 bits per heavy atom. The van der Waals surface area contributed by atoms with Crippen molar-refractivity contribution >= 4 is 5.91 Å². The summed E-state index contributed by atoms with van der Waals surface area (Å²) in [4.78, 5) is 17.4. The van der Waals surface area contributed by atoms with Crippen LogP contribution in [0.5, 0.6) is 0 Å². The molecule has 0 unspecified atom stereocenters. The molecule has 0 aliphatic rings. The highest BCUT2D eigenvalue weighted by atomic mass is 16.2. The largest absolute Gasteiger partial charge is 0.342 e. The standard InChI is InChI=1S/C24H19N7O/c32-24(25-16-21-28-26-17-30(21)19-12-6-2-7-13-19)22-27-23(18-10-4-1-5-11-18)31(29-22)20-14-8-3-9-15-20/h1-15,17H,16H2,(H,25,32). The topological polar surface area (TPSA) is 90.5 Å². The number of carbonyl (C=O) groups is 1. The van der Waals surface area contributed by atoms with Crippen molar-refractivity contribution in [2.24, 2.45) is 0 Å². The molecule has 0 spiro atoms. The van der Waals surface area contributed by atoms with E-state index in [2.05, 4.69) is 25.6 Å². The van der Waals surface area contributed by atoms with Crippen molar-refractivity contribution in [1.29, 1.82) is 0 Å². The van der Waals surface area contributed by atoms with E-state index in [-0.39, 0.29) is 18.3 Å². The van der Waals surface area contributed by atoms with Crippen molar-refractivity contribution < 1.29 is 4.79 Å². The highest BCUT2D eigenvalue weighted by Gasteiger charge is 2.19. The molecule has 5 aromatic rings. The van der Waals surface area contributed by atoms with Crippen LogP contribution in [0.1, 0.15) is 16.4 Å². The van der Waals surface area contributed by atoms with Gasteiger partial charge < -0.3 is 5.32 Å². The highest BCUT2D eigenvalue weighted by Crippen LogP contribution is 2.21. The van der Waals surface area contributed by atoms with Crippen molar-refractivity contribution in [3.05, 3.63) is 109 Å². The fourth-order valence-corrected chi connectivity index (χ4v) is 3.35. The van der Waals surface area contributed by atoms with E-state index in [1.807, 2.05) is 95.6 Å². The Balaban J connectivity index is 1.42. The lowest BCUT2D eigenvalue weighted by Crippen LogP contribution is -2.25. The first-order valence-corrected chi connectivity index (χ1v) is 10.1. The number of para-hydroxylation sites is 2. The van der Waals surface area contributed by atoms with Crippen LogP contribution in [0.25, 0.3) is 22.8 Å². The molecule has 8 nitrogen and oxygen atoms in total. The lowest BCUT2D eigenvalue weighted by molar-refractivity contribution is 0.0939. The number of amides is 1. The van der Waals surface area contributed by atoms with Crippen molar-refractivity contribution in [3.63, 3.8) is 0 Å². The maximum absolute atomic E-state index is 12.9. The maximum Gasteiger partial charge on any atom is 0.291 e. The van der Waals surface area contributed by atoms with Crippen LogP contribution in [0, 0.1) is 0 Å². The molecule has 0 aliphatic heterocycles. The Morgan fingerprint density at radius 1 is 0.812 bits per heavy atom. The van der Waals surface area contributed by atoms with Gasteiger partial charge in [-0.1, -0.05) is 66.7 Å². The Labute approximate surface area is 184 Å². The molecule has 2 aromatic heterocycles. The van der Waals surface area contributed by atoms with Crippen LogP contribution >= 0.6 is 0 Å². The van der Waals surface area contributed by atoms with Crippen LogP contribution in [0.2, 0.25) is 0 Å².